The van der Waals surface area contributed by atoms with Crippen molar-refractivity contribution < 1.29 is 4.79 Å². The molecule has 5 rings (SSSR count). The Balaban J connectivity index is 1.57. The van der Waals surface area contributed by atoms with Gasteiger partial charge in [0.15, 0.2) is 16.3 Å². The number of carbonyl (C=O) groups is 1. The van der Waals surface area contributed by atoms with Gasteiger partial charge in [0, 0.05) is 31.5 Å². The van der Waals surface area contributed by atoms with E-state index in [1.54, 1.807) is 41.6 Å². The Kier molecular flexibility index (Phi) is 5.50. The molecule has 1 aromatic carbocycles. The first-order valence-electron chi connectivity index (χ1n) is 10.2. The maximum Gasteiger partial charge on any atom is 0.332 e. The Morgan fingerprint density at radius 3 is 2.76 bits per heavy atom. The SMILES string of the molecule is Cn1c(=O)c2c(ncn2CC(=O)N(Cc2cccnc2)c2nc3ccc(Cl)cc3s2)n(C)c1=O. The van der Waals surface area contributed by atoms with Crippen LogP contribution in [0.25, 0.3) is 21.4 Å². The minimum absolute atomic E-state index is 0.166. The molecule has 4 heterocycles. The van der Waals surface area contributed by atoms with Crippen LogP contribution in [-0.2, 0) is 32.0 Å². The highest BCUT2D eigenvalue weighted by Gasteiger charge is 2.23. The number of anilines is 1. The van der Waals surface area contributed by atoms with E-state index in [0.29, 0.717) is 10.2 Å². The summed E-state index contributed by atoms with van der Waals surface area (Å²) in [6.45, 7) is 0.0737. The fourth-order valence-electron chi connectivity index (χ4n) is 3.69. The van der Waals surface area contributed by atoms with Gasteiger partial charge in [-0.3, -0.25) is 28.6 Å². The van der Waals surface area contributed by atoms with Crippen molar-refractivity contribution in [3.63, 3.8) is 0 Å². The lowest BCUT2D eigenvalue weighted by molar-refractivity contribution is -0.119. The largest absolute Gasteiger partial charge is 0.332 e. The van der Waals surface area contributed by atoms with Gasteiger partial charge in [0.05, 0.1) is 23.1 Å². The minimum Gasteiger partial charge on any atom is -0.315 e. The summed E-state index contributed by atoms with van der Waals surface area (Å²) in [6.07, 6.45) is 4.74. The number of carbonyl (C=O) groups excluding carboxylic acids is 1. The molecule has 0 aliphatic carbocycles. The van der Waals surface area contributed by atoms with Crippen molar-refractivity contribution in [2.24, 2.45) is 14.1 Å². The Labute approximate surface area is 201 Å². The fraction of sp³-hybridized carbons (Fsp3) is 0.182. The highest BCUT2D eigenvalue weighted by atomic mass is 35.5. The van der Waals surface area contributed by atoms with Crippen LogP contribution in [-0.4, -0.2) is 34.6 Å². The number of benzene rings is 1. The first-order valence-corrected chi connectivity index (χ1v) is 11.4. The zero-order chi connectivity index (χ0) is 24.0. The molecule has 0 bridgehead atoms. The van der Waals surface area contributed by atoms with E-state index in [0.717, 1.165) is 20.3 Å². The number of hydrogen-bond donors (Lipinski definition) is 0. The van der Waals surface area contributed by atoms with Crippen molar-refractivity contribution in [1.29, 1.82) is 0 Å². The van der Waals surface area contributed by atoms with Crippen LogP contribution < -0.4 is 16.1 Å². The van der Waals surface area contributed by atoms with Crippen LogP contribution in [0.4, 0.5) is 5.13 Å². The number of hydrogen-bond acceptors (Lipinski definition) is 7. The molecular formula is C22H18ClN7O3S. The summed E-state index contributed by atoms with van der Waals surface area (Å²) in [5.41, 5.74) is 0.939. The van der Waals surface area contributed by atoms with E-state index in [-0.39, 0.29) is 30.2 Å². The third kappa shape index (κ3) is 3.78. The Morgan fingerprint density at radius 1 is 1.18 bits per heavy atom. The summed E-state index contributed by atoms with van der Waals surface area (Å²) in [5, 5.41) is 1.08. The number of amides is 1. The lowest BCUT2D eigenvalue weighted by Gasteiger charge is -2.20. The highest BCUT2D eigenvalue weighted by Crippen LogP contribution is 2.31. The van der Waals surface area contributed by atoms with Crippen molar-refractivity contribution in [2.75, 3.05) is 4.90 Å². The van der Waals surface area contributed by atoms with Gasteiger partial charge in [-0.25, -0.2) is 14.8 Å². The molecule has 0 saturated heterocycles. The van der Waals surface area contributed by atoms with Gasteiger partial charge in [-0.2, -0.15) is 0 Å². The molecule has 0 atom stereocenters. The molecule has 12 heteroatoms. The Bertz CT molecular complexity index is 1670. The molecule has 5 aromatic rings. The van der Waals surface area contributed by atoms with E-state index in [1.165, 1.54) is 40.9 Å². The summed E-state index contributed by atoms with van der Waals surface area (Å²) < 4.78 is 4.58. The third-order valence-corrected chi connectivity index (χ3v) is 6.73. The predicted molar refractivity (Wildman–Crippen MR) is 130 cm³/mol. The van der Waals surface area contributed by atoms with Crippen LogP contribution in [0.15, 0.2) is 58.6 Å². The number of aryl methyl sites for hydroxylation is 1. The second-order valence-corrected chi connectivity index (χ2v) is 9.15. The number of rotatable bonds is 5. The fourth-order valence-corrected chi connectivity index (χ4v) is 4.94. The van der Waals surface area contributed by atoms with E-state index < -0.39 is 11.2 Å². The van der Waals surface area contributed by atoms with Gasteiger partial charge in [-0.05, 0) is 29.8 Å². The van der Waals surface area contributed by atoms with E-state index in [4.69, 9.17) is 11.6 Å². The topological polar surface area (TPSA) is 108 Å². The predicted octanol–water partition coefficient (Wildman–Crippen LogP) is 2.33. The smallest absolute Gasteiger partial charge is 0.315 e. The quantitative estimate of drug-likeness (QED) is 0.370. The lowest BCUT2D eigenvalue weighted by atomic mass is 10.2. The van der Waals surface area contributed by atoms with Gasteiger partial charge in [-0.1, -0.05) is 29.0 Å². The standard InChI is InChI=1S/C22H18ClN7O3S/c1-27-19-18(20(32)28(2)22(27)33)29(12-25-19)11-17(31)30(10-13-4-3-7-24-9-13)21-26-15-6-5-14(23)8-16(15)34-21/h3-9,12H,10-11H2,1-2H3. The Hall–Kier alpha value is -3.83. The van der Waals surface area contributed by atoms with E-state index in [2.05, 4.69) is 15.0 Å². The summed E-state index contributed by atoms with van der Waals surface area (Å²) in [7, 11) is 2.93. The molecule has 0 radical (unpaired) electrons. The van der Waals surface area contributed by atoms with Gasteiger partial charge >= 0.3 is 5.69 Å². The Morgan fingerprint density at radius 2 is 2.00 bits per heavy atom. The summed E-state index contributed by atoms with van der Waals surface area (Å²) >= 11 is 7.47. The molecule has 0 N–H and O–H groups in total. The minimum atomic E-state index is -0.517. The van der Waals surface area contributed by atoms with E-state index >= 15 is 0 Å². The molecule has 172 valence electrons. The maximum atomic E-state index is 13.6. The van der Waals surface area contributed by atoms with Gasteiger partial charge in [0.1, 0.15) is 6.54 Å². The van der Waals surface area contributed by atoms with Crippen molar-refractivity contribution in [1.82, 2.24) is 28.7 Å². The second kappa shape index (κ2) is 8.50. The molecule has 0 unspecified atom stereocenters. The number of pyridine rings is 1. The number of imidazole rings is 1. The first kappa shape index (κ1) is 22.0. The highest BCUT2D eigenvalue weighted by molar-refractivity contribution is 7.22. The van der Waals surface area contributed by atoms with Crippen molar-refractivity contribution in [2.45, 2.75) is 13.1 Å². The lowest BCUT2D eigenvalue weighted by Crippen LogP contribution is -2.38. The zero-order valence-electron chi connectivity index (χ0n) is 18.2. The summed E-state index contributed by atoms with van der Waals surface area (Å²) in [5.74, 6) is -0.302. The maximum absolute atomic E-state index is 13.6. The molecule has 0 saturated carbocycles. The number of thiazole rings is 1. The van der Waals surface area contributed by atoms with Gasteiger partial charge in [-0.15, -0.1) is 0 Å². The van der Waals surface area contributed by atoms with E-state index in [1.807, 2.05) is 6.07 Å². The summed E-state index contributed by atoms with van der Waals surface area (Å²) in [6, 6.07) is 9.02. The number of aromatic nitrogens is 6. The van der Waals surface area contributed by atoms with E-state index in [9.17, 15) is 14.4 Å². The van der Waals surface area contributed by atoms with Crippen LogP contribution in [0.1, 0.15) is 5.56 Å². The molecule has 1 amide bonds. The first-order chi connectivity index (χ1) is 16.3. The second-order valence-electron chi connectivity index (χ2n) is 7.70. The van der Waals surface area contributed by atoms with Crippen molar-refractivity contribution in [3.8, 4) is 0 Å². The van der Waals surface area contributed by atoms with Gasteiger partial charge < -0.3 is 4.57 Å². The van der Waals surface area contributed by atoms with Crippen LogP contribution in [0.5, 0.6) is 0 Å². The average Bonchev–Trinajstić information content (AvgIpc) is 3.44. The molecule has 4 aromatic heterocycles. The summed E-state index contributed by atoms with van der Waals surface area (Å²) in [4.78, 5) is 53.1. The third-order valence-electron chi connectivity index (χ3n) is 5.46. The molecule has 0 fully saturated rings. The van der Waals surface area contributed by atoms with Crippen molar-refractivity contribution in [3.05, 3.63) is 80.5 Å². The number of fused-ring (bicyclic) bond motifs is 2. The molecule has 0 aliphatic heterocycles. The molecular weight excluding hydrogens is 478 g/mol. The van der Waals surface area contributed by atoms with Crippen LogP contribution in [0.3, 0.4) is 0 Å². The van der Waals surface area contributed by atoms with Crippen molar-refractivity contribution >= 4 is 55.4 Å². The number of nitrogens with zero attached hydrogens (tertiary/aromatic N) is 7. The van der Waals surface area contributed by atoms with Crippen LogP contribution in [0, 0.1) is 0 Å². The monoisotopic (exact) mass is 495 g/mol. The molecule has 10 nitrogen and oxygen atoms in total. The van der Waals surface area contributed by atoms with Crippen LogP contribution in [0.2, 0.25) is 5.02 Å². The van der Waals surface area contributed by atoms with Gasteiger partial charge in [0.2, 0.25) is 5.91 Å². The normalized spacial score (nSPS) is 11.4. The van der Waals surface area contributed by atoms with Crippen LogP contribution >= 0.6 is 22.9 Å². The molecule has 0 spiro atoms. The molecule has 0 aliphatic rings. The number of halogens is 1. The molecule has 34 heavy (non-hydrogen) atoms. The van der Waals surface area contributed by atoms with Gasteiger partial charge in [0.25, 0.3) is 5.56 Å². The zero-order valence-corrected chi connectivity index (χ0v) is 19.7. The average molecular weight is 496 g/mol.